The lowest BCUT2D eigenvalue weighted by Gasteiger charge is -2.18. The van der Waals surface area contributed by atoms with Gasteiger partial charge in [-0.05, 0) is 54.1 Å². The topological polar surface area (TPSA) is 118 Å². The summed E-state index contributed by atoms with van der Waals surface area (Å²) < 4.78 is 68.3. The van der Waals surface area contributed by atoms with Crippen LogP contribution >= 0.6 is 0 Å². The van der Waals surface area contributed by atoms with Crippen LogP contribution in [0.15, 0.2) is 82.6 Å². The van der Waals surface area contributed by atoms with Crippen LogP contribution in [0.3, 0.4) is 0 Å². The van der Waals surface area contributed by atoms with Crippen LogP contribution in [0.25, 0.3) is 0 Å². The quantitative estimate of drug-likeness (QED) is 0.472. The minimum Gasteiger partial charge on any atom is -0.478 e. The van der Waals surface area contributed by atoms with Gasteiger partial charge in [-0.1, -0.05) is 24.3 Å². The highest BCUT2D eigenvalue weighted by Crippen LogP contribution is 2.25. The third kappa shape index (κ3) is 5.99. The van der Waals surface area contributed by atoms with Crippen LogP contribution in [-0.4, -0.2) is 45.5 Å². The van der Waals surface area contributed by atoms with Crippen molar-refractivity contribution in [3.05, 3.63) is 89.7 Å². The molecule has 0 amide bonds. The molecular weight excluding hydrogens is 485 g/mol. The normalized spacial score (nSPS) is 12.9. The molecule has 0 saturated heterocycles. The lowest BCUT2D eigenvalue weighted by molar-refractivity contribution is -0.145. The first-order valence-corrected chi connectivity index (χ1v) is 13.2. The number of sulfone groups is 1. The molecule has 0 spiro atoms. The molecule has 0 aliphatic carbocycles. The molecule has 1 atom stereocenters. The van der Waals surface area contributed by atoms with E-state index in [1.54, 1.807) is 12.1 Å². The van der Waals surface area contributed by atoms with E-state index in [0.29, 0.717) is 5.56 Å². The number of aliphatic carboxylic acids is 1. The molecule has 0 fully saturated rings. The summed E-state index contributed by atoms with van der Waals surface area (Å²) in [6.07, 6.45) is -0.321. The molecule has 1 N–H and O–H groups in total. The Labute approximate surface area is 197 Å². The summed E-state index contributed by atoms with van der Waals surface area (Å²) in [5.74, 6) is -1.57. The Bertz CT molecular complexity index is 1370. The zero-order valence-electron chi connectivity index (χ0n) is 18.3. The molecule has 0 aliphatic heterocycles. The Balaban J connectivity index is 1.72. The molecule has 0 radical (unpaired) electrons. The molecular formula is C23H22FNO7S2. The third-order valence-electron chi connectivity index (χ3n) is 4.94. The van der Waals surface area contributed by atoms with Crippen molar-refractivity contribution in [3.8, 4) is 5.75 Å². The average molecular weight is 508 g/mol. The highest BCUT2D eigenvalue weighted by molar-refractivity contribution is 7.90. The Morgan fingerprint density at radius 1 is 0.912 bits per heavy atom. The zero-order chi connectivity index (χ0) is 25.1. The van der Waals surface area contributed by atoms with Crippen LogP contribution in [0, 0.1) is 5.82 Å². The molecule has 3 aromatic carbocycles. The van der Waals surface area contributed by atoms with Crippen LogP contribution in [-0.2, 0) is 31.2 Å². The number of rotatable bonds is 9. The fraction of sp³-hybridized carbons (Fsp3) is 0.174. The second kappa shape index (κ2) is 9.92. The number of nitrogens with zero attached hydrogens (tertiary/aromatic N) is 1. The maximum Gasteiger partial charge on any atom is 0.349 e. The summed E-state index contributed by atoms with van der Waals surface area (Å²) in [5, 5.41) is 9.57. The Morgan fingerprint density at radius 3 is 1.94 bits per heavy atom. The molecule has 1 unspecified atom stereocenters. The van der Waals surface area contributed by atoms with Gasteiger partial charge in [-0.3, -0.25) is 0 Å². The Kier molecular flexibility index (Phi) is 7.39. The fourth-order valence-corrected chi connectivity index (χ4v) is 4.88. The lowest BCUT2D eigenvalue weighted by atomic mass is 10.1. The molecule has 3 aromatic rings. The summed E-state index contributed by atoms with van der Waals surface area (Å²) >= 11 is 0. The van der Waals surface area contributed by atoms with Gasteiger partial charge >= 0.3 is 5.97 Å². The predicted molar refractivity (Wildman–Crippen MR) is 122 cm³/mol. The molecule has 0 saturated carbocycles. The van der Waals surface area contributed by atoms with E-state index in [1.165, 1.54) is 55.6 Å². The number of hydrogen-bond donors (Lipinski definition) is 1. The number of halogens is 1. The van der Waals surface area contributed by atoms with Crippen molar-refractivity contribution in [2.75, 3.05) is 13.3 Å². The maximum absolute atomic E-state index is 13.1. The highest BCUT2D eigenvalue weighted by Gasteiger charge is 2.23. The van der Waals surface area contributed by atoms with Crippen molar-refractivity contribution in [3.63, 3.8) is 0 Å². The van der Waals surface area contributed by atoms with Gasteiger partial charge in [0.1, 0.15) is 11.6 Å². The maximum atomic E-state index is 13.1. The number of benzene rings is 3. The monoisotopic (exact) mass is 507 g/mol. The Hall–Kier alpha value is -3.28. The Morgan fingerprint density at radius 2 is 1.44 bits per heavy atom. The van der Waals surface area contributed by atoms with Crippen LogP contribution in [0.2, 0.25) is 0 Å². The van der Waals surface area contributed by atoms with Crippen molar-refractivity contribution in [2.24, 2.45) is 0 Å². The standard InChI is InChI=1S/C23H22FNO7S2/c1-25(34(30,31)21-13-7-18(24)8-14-21)15-16-3-9-19(10-4-16)32-22(23(26)27)17-5-11-20(12-6-17)33(2,28)29/h3-14,22H,15H2,1-2H3,(H,26,27). The van der Waals surface area contributed by atoms with E-state index in [1.807, 2.05) is 0 Å². The van der Waals surface area contributed by atoms with Gasteiger partial charge in [0, 0.05) is 25.4 Å². The summed E-state index contributed by atoms with van der Waals surface area (Å²) in [7, 11) is -5.86. The van der Waals surface area contributed by atoms with Crippen LogP contribution < -0.4 is 4.74 Å². The number of ether oxygens (including phenoxy) is 1. The molecule has 34 heavy (non-hydrogen) atoms. The van der Waals surface area contributed by atoms with E-state index in [-0.39, 0.29) is 27.6 Å². The van der Waals surface area contributed by atoms with Crippen LogP contribution in [0.5, 0.6) is 5.75 Å². The van der Waals surface area contributed by atoms with Gasteiger partial charge in [-0.15, -0.1) is 0 Å². The first-order chi connectivity index (χ1) is 15.9. The highest BCUT2D eigenvalue weighted by atomic mass is 32.2. The molecule has 0 aliphatic rings. The molecule has 0 bridgehead atoms. The van der Waals surface area contributed by atoms with Gasteiger partial charge in [0.25, 0.3) is 0 Å². The van der Waals surface area contributed by atoms with Crippen LogP contribution in [0.1, 0.15) is 17.2 Å². The minimum atomic E-state index is -3.83. The number of hydrogen-bond acceptors (Lipinski definition) is 6. The first-order valence-electron chi connectivity index (χ1n) is 9.88. The van der Waals surface area contributed by atoms with Gasteiger partial charge in [-0.2, -0.15) is 4.31 Å². The predicted octanol–water partition coefficient (Wildman–Crippen LogP) is 3.25. The second-order valence-electron chi connectivity index (χ2n) is 7.54. The fourth-order valence-electron chi connectivity index (χ4n) is 3.09. The summed E-state index contributed by atoms with van der Waals surface area (Å²) in [5.41, 5.74) is 0.874. The van der Waals surface area contributed by atoms with E-state index in [4.69, 9.17) is 4.74 Å². The van der Waals surface area contributed by atoms with Gasteiger partial charge < -0.3 is 9.84 Å². The lowest BCUT2D eigenvalue weighted by Crippen LogP contribution is -2.26. The molecule has 0 heterocycles. The minimum absolute atomic E-state index is 0.0231. The van der Waals surface area contributed by atoms with Crippen molar-refractivity contribution in [2.45, 2.75) is 22.4 Å². The van der Waals surface area contributed by atoms with Crippen molar-refractivity contribution in [1.29, 1.82) is 0 Å². The summed E-state index contributed by atoms with van der Waals surface area (Å²) in [4.78, 5) is 11.7. The molecule has 8 nitrogen and oxygen atoms in total. The number of carbonyl (C=O) groups is 1. The molecule has 3 rings (SSSR count). The van der Waals surface area contributed by atoms with E-state index in [0.717, 1.165) is 22.7 Å². The van der Waals surface area contributed by atoms with E-state index in [9.17, 15) is 31.1 Å². The van der Waals surface area contributed by atoms with E-state index in [2.05, 4.69) is 0 Å². The van der Waals surface area contributed by atoms with Gasteiger partial charge in [0.2, 0.25) is 16.1 Å². The largest absolute Gasteiger partial charge is 0.478 e. The second-order valence-corrected chi connectivity index (χ2v) is 11.6. The van der Waals surface area contributed by atoms with Gasteiger partial charge in [0.15, 0.2) is 9.84 Å². The van der Waals surface area contributed by atoms with E-state index < -0.39 is 37.8 Å². The number of carboxylic acids is 1. The van der Waals surface area contributed by atoms with Crippen LogP contribution in [0.4, 0.5) is 4.39 Å². The molecule has 11 heteroatoms. The van der Waals surface area contributed by atoms with Gasteiger partial charge in [-0.25, -0.2) is 26.0 Å². The number of carboxylic acid groups (broad SMARTS) is 1. The molecule has 180 valence electrons. The first kappa shape index (κ1) is 25.3. The SMILES string of the molecule is CN(Cc1ccc(OC(C(=O)O)c2ccc(S(C)(=O)=O)cc2)cc1)S(=O)(=O)c1ccc(F)cc1. The average Bonchev–Trinajstić information content (AvgIpc) is 2.78. The van der Waals surface area contributed by atoms with Crippen molar-refractivity contribution < 1.29 is 35.9 Å². The van der Waals surface area contributed by atoms with E-state index >= 15 is 0 Å². The smallest absolute Gasteiger partial charge is 0.349 e. The summed E-state index contributed by atoms with van der Waals surface area (Å²) in [6, 6.07) is 16.1. The zero-order valence-corrected chi connectivity index (χ0v) is 19.9. The van der Waals surface area contributed by atoms with Crippen molar-refractivity contribution >= 4 is 25.8 Å². The number of sulfonamides is 1. The third-order valence-corrected chi connectivity index (χ3v) is 7.89. The van der Waals surface area contributed by atoms with Gasteiger partial charge in [0.05, 0.1) is 9.79 Å². The van der Waals surface area contributed by atoms with Crippen molar-refractivity contribution in [1.82, 2.24) is 4.31 Å². The molecule has 0 aromatic heterocycles. The summed E-state index contributed by atoms with van der Waals surface area (Å²) in [6.45, 7) is 0.0231.